The summed E-state index contributed by atoms with van der Waals surface area (Å²) in [6.45, 7) is 2.04. The molecule has 2 N–H and O–H groups in total. The van der Waals surface area contributed by atoms with Crippen LogP contribution in [0.3, 0.4) is 0 Å². The molecule has 1 aromatic heterocycles. The van der Waals surface area contributed by atoms with E-state index in [9.17, 15) is 9.18 Å². The number of hydrogen-bond acceptors (Lipinski definition) is 4. The molecule has 0 aliphatic rings. The van der Waals surface area contributed by atoms with E-state index in [4.69, 9.17) is 9.52 Å². The third-order valence-corrected chi connectivity index (χ3v) is 3.45. The van der Waals surface area contributed by atoms with Gasteiger partial charge in [0.15, 0.2) is 11.7 Å². The highest BCUT2D eigenvalue weighted by Crippen LogP contribution is 2.21. The molecule has 5 nitrogen and oxygen atoms in total. The number of nitrogens with one attached hydrogen (secondary N) is 1. The number of carbonyl (C=O) groups is 1. The topological polar surface area (TPSA) is 75.4 Å². The summed E-state index contributed by atoms with van der Waals surface area (Å²) in [6, 6.07) is 6.00. The van der Waals surface area contributed by atoms with Crippen molar-refractivity contribution < 1.29 is 18.7 Å². The average molecular weight is 320 g/mol. The van der Waals surface area contributed by atoms with Gasteiger partial charge in [-0.15, -0.1) is 0 Å². The molecule has 2 rings (SSSR count). The number of aliphatic hydroxyl groups excluding tert-OH is 1. The van der Waals surface area contributed by atoms with Gasteiger partial charge in [-0.05, 0) is 44.0 Å². The summed E-state index contributed by atoms with van der Waals surface area (Å²) in [4.78, 5) is 16.0. The normalized spacial score (nSPS) is 12.1. The molecule has 6 heteroatoms. The Morgan fingerprint density at radius 2 is 2.13 bits per heavy atom. The van der Waals surface area contributed by atoms with Crippen LogP contribution in [0, 0.1) is 5.82 Å². The fourth-order valence-corrected chi connectivity index (χ4v) is 2.21. The van der Waals surface area contributed by atoms with Crippen LogP contribution in [0.4, 0.5) is 4.39 Å². The summed E-state index contributed by atoms with van der Waals surface area (Å²) in [5.74, 6) is 0.650. The fraction of sp³-hybridized carbons (Fsp3) is 0.412. The molecule has 0 saturated carbocycles. The SMILES string of the molecule is CC(CCCO)NC(=O)CCc1ncc(-c2ccc(F)cc2)o1. The van der Waals surface area contributed by atoms with Crippen molar-refractivity contribution in [1.82, 2.24) is 10.3 Å². The summed E-state index contributed by atoms with van der Waals surface area (Å²) in [5.41, 5.74) is 0.743. The van der Waals surface area contributed by atoms with Crippen LogP contribution in [0.1, 0.15) is 32.1 Å². The first-order valence-corrected chi connectivity index (χ1v) is 7.69. The monoisotopic (exact) mass is 320 g/mol. The molecule has 124 valence electrons. The molecule has 2 aromatic rings. The second-order valence-electron chi connectivity index (χ2n) is 5.46. The minimum Gasteiger partial charge on any atom is -0.441 e. The standard InChI is InChI=1S/C17H21FN2O3/c1-12(3-2-10-21)20-16(22)8-9-17-19-11-15(23-17)13-4-6-14(18)7-5-13/h4-7,11-12,21H,2-3,8-10H2,1H3,(H,20,22). The summed E-state index contributed by atoms with van der Waals surface area (Å²) in [6.07, 6.45) is 3.68. The zero-order valence-corrected chi connectivity index (χ0v) is 13.1. The molecule has 1 amide bonds. The third kappa shape index (κ3) is 5.49. The van der Waals surface area contributed by atoms with E-state index < -0.39 is 0 Å². The van der Waals surface area contributed by atoms with Crippen LogP contribution in [0.2, 0.25) is 0 Å². The third-order valence-electron chi connectivity index (χ3n) is 3.45. The largest absolute Gasteiger partial charge is 0.441 e. The van der Waals surface area contributed by atoms with E-state index in [0.29, 0.717) is 24.5 Å². The van der Waals surface area contributed by atoms with E-state index >= 15 is 0 Å². The van der Waals surface area contributed by atoms with Gasteiger partial charge in [-0.2, -0.15) is 0 Å². The van der Waals surface area contributed by atoms with Gasteiger partial charge in [-0.25, -0.2) is 9.37 Å². The number of benzene rings is 1. The first kappa shape index (κ1) is 17.1. The Morgan fingerprint density at radius 1 is 1.39 bits per heavy atom. The molecule has 0 radical (unpaired) electrons. The van der Waals surface area contributed by atoms with E-state index in [-0.39, 0.29) is 30.8 Å². The van der Waals surface area contributed by atoms with Crippen LogP contribution >= 0.6 is 0 Å². The zero-order valence-electron chi connectivity index (χ0n) is 13.1. The maximum atomic E-state index is 12.9. The van der Waals surface area contributed by atoms with Crippen LogP contribution < -0.4 is 5.32 Å². The number of aryl methyl sites for hydroxylation is 1. The molecule has 0 aliphatic heterocycles. The lowest BCUT2D eigenvalue weighted by molar-refractivity contribution is -0.121. The van der Waals surface area contributed by atoms with Crippen molar-refractivity contribution in [3.8, 4) is 11.3 Å². The van der Waals surface area contributed by atoms with Gasteiger partial charge in [-0.1, -0.05) is 0 Å². The van der Waals surface area contributed by atoms with Crippen molar-refractivity contribution >= 4 is 5.91 Å². The van der Waals surface area contributed by atoms with Gasteiger partial charge < -0.3 is 14.8 Å². The number of oxazole rings is 1. The molecular weight excluding hydrogens is 299 g/mol. The maximum Gasteiger partial charge on any atom is 0.220 e. The number of hydrogen-bond donors (Lipinski definition) is 2. The van der Waals surface area contributed by atoms with Crippen LogP contribution in [0.15, 0.2) is 34.9 Å². The van der Waals surface area contributed by atoms with Crippen molar-refractivity contribution in [2.75, 3.05) is 6.61 Å². The lowest BCUT2D eigenvalue weighted by Crippen LogP contribution is -2.32. The molecule has 1 atom stereocenters. The van der Waals surface area contributed by atoms with Gasteiger partial charge in [0, 0.05) is 31.1 Å². The highest BCUT2D eigenvalue weighted by atomic mass is 19.1. The van der Waals surface area contributed by atoms with Gasteiger partial charge in [0.2, 0.25) is 5.91 Å². The first-order chi connectivity index (χ1) is 11.1. The van der Waals surface area contributed by atoms with Crippen molar-refractivity contribution in [2.45, 2.75) is 38.6 Å². The number of rotatable bonds is 8. The van der Waals surface area contributed by atoms with Gasteiger partial charge in [-0.3, -0.25) is 4.79 Å². The molecular formula is C17H21FN2O3. The maximum absolute atomic E-state index is 12.9. The number of amides is 1. The zero-order chi connectivity index (χ0) is 16.7. The Labute approximate surface area is 134 Å². The van der Waals surface area contributed by atoms with Gasteiger partial charge >= 0.3 is 0 Å². The van der Waals surface area contributed by atoms with Crippen molar-refractivity contribution in [1.29, 1.82) is 0 Å². The van der Waals surface area contributed by atoms with Crippen LogP contribution in [-0.2, 0) is 11.2 Å². The molecule has 0 saturated heterocycles. The Balaban J connectivity index is 1.82. The van der Waals surface area contributed by atoms with Crippen molar-refractivity contribution in [3.63, 3.8) is 0 Å². The molecule has 0 bridgehead atoms. The molecule has 1 heterocycles. The molecule has 0 aliphatic carbocycles. The van der Waals surface area contributed by atoms with E-state index in [1.165, 1.54) is 12.1 Å². The summed E-state index contributed by atoms with van der Waals surface area (Å²) < 4.78 is 18.5. The Hall–Kier alpha value is -2.21. The van der Waals surface area contributed by atoms with Crippen LogP contribution in [0.5, 0.6) is 0 Å². The molecule has 1 aromatic carbocycles. The number of nitrogens with zero attached hydrogens (tertiary/aromatic N) is 1. The van der Waals surface area contributed by atoms with Crippen molar-refractivity contribution in [3.05, 3.63) is 42.2 Å². The first-order valence-electron chi connectivity index (χ1n) is 7.69. The predicted molar refractivity (Wildman–Crippen MR) is 84.1 cm³/mol. The molecule has 23 heavy (non-hydrogen) atoms. The van der Waals surface area contributed by atoms with E-state index in [1.807, 2.05) is 6.92 Å². The number of carbonyl (C=O) groups excluding carboxylic acids is 1. The van der Waals surface area contributed by atoms with Gasteiger partial charge in [0.05, 0.1) is 6.20 Å². The average Bonchev–Trinajstić information content (AvgIpc) is 3.00. The molecule has 1 unspecified atom stereocenters. The second kappa shape index (κ2) is 8.43. The molecule has 0 spiro atoms. The smallest absolute Gasteiger partial charge is 0.220 e. The summed E-state index contributed by atoms with van der Waals surface area (Å²) >= 11 is 0. The second-order valence-corrected chi connectivity index (χ2v) is 5.46. The van der Waals surface area contributed by atoms with E-state index in [0.717, 1.165) is 12.0 Å². The minimum atomic E-state index is -0.305. The molecule has 0 fully saturated rings. The van der Waals surface area contributed by atoms with E-state index in [2.05, 4.69) is 10.3 Å². The highest BCUT2D eigenvalue weighted by Gasteiger charge is 2.11. The van der Waals surface area contributed by atoms with Gasteiger partial charge in [0.1, 0.15) is 5.82 Å². The lowest BCUT2D eigenvalue weighted by Gasteiger charge is -2.12. The summed E-state index contributed by atoms with van der Waals surface area (Å²) in [5, 5.41) is 11.6. The Kier molecular flexibility index (Phi) is 6.29. The number of halogens is 1. The van der Waals surface area contributed by atoms with Crippen LogP contribution in [-0.4, -0.2) is 28.6 Å². The minimum absolute atomic E-state index is 0.0361. The fourth-order valence-electron chi connectivity index (χ4n) is 2.21. The van der Waals surface area contributed by atoms with Crippen molar-refractivity contribution in [2.24, 2.45) is 0 Å². The highest BCUT2D eigenvalue weighted by molar-refractivity contribution is 5.76. The summed E-state index contributed by atoms with van der Waals surface area (Å²) in [7, 11) is 0. The quantitative estimate of drug-likeness (QED) is 0.784. The Morgan fingerprint density at radius 3 is 2.83 bits per heavy atom. The predicted octanol–water partition coefficient (Wildman–Crippen LogP) is 2.69. The van der Waals surface area contributed by atoms with Crippen LogP contribution in [0.25, 0.3) is 11.3 Å². The number of aromatic nitrogens is 1. The van der Waals surface area contributed by atoms with Gasteiger partial charge in [0.25, 0.3) is 0 Å². The Bertz CT molecular complexity index is 625. The van der Waals surface area contributed by atoms with E-state index in [1.54, 1.807) is 18.3 Å². The number of aliphatic hydroxyl groups is 1. The lowest BCUT2D eigenvalue weighted by atomic mass is 10.2.